The van der Waals surface area contributed by atoms with Gasteiger partial charge in [-0.15, -0.1) is 0 Å². The maximum Gasteiger partial charge on any atom is 0.282 e. The molecule has 0 aliphatic heterocycles. The van der Waals surface area contributed by atoms with Crippen LogP contribution in [0.4, 0.5) is 4.39 Å². The lowest BCUT2D eigenvalue weighted by Crippen LogP contribution is -2.20. The van der Waals surface area contributed by atoms with Crippen molar-refractivity contribution < 1.29 is 13.9 Å². The van der Waals surface area contributed by atoms with Crippen molar-refractivity contribution in [2.45, 2.75) is 20.5 Å². The van der Waals surface area contributed by atoms with Crippen LogP contribution in [-0.4, -0.2) is 22.5 Å². The molecule has 0 atom stereocenters. The van der Waals surface area contributed by atoms with E-state index in [0.717, 1.165) is 4.47 Å². The molecule has 1 heterocycles. The Labute approximate surface area is 212 Å². The highest BCUT2D eigenvalue weighted by Gasteiger charge is 2.13. The third kappa shape index (κ3) is 5.37. The second-order valence-electron chi connectivity index (χ2n) is 7.36. The molecule has 0 unspecified atom stereocenters. The maximum atomic E-state index is 13.5. The number of fused-ring (bicyclic) bond motifs is 1. The first kappa shape index (κ1) is 24.1. The molecule has 0 N–H and O–H groups in total. The number of halogens is 3. The summed E-state index contributed by atoms with van der Waals surface area (Å²) < 4.78 is 27.9. The first-order valence-corrected chi connectivity index (χ1v) is 12.0. The van der Waals surface area contributed by atoms with E-state index in [-0.39, 0.29) is 18.0 Å². The average Bonchev–Trinajstić information content (AvgIpc) is 2.79. The first-order chi connectivity index (χ1) is 16.4. The van der Waals surface area contributed by atoms with Crippen LogP contribution in [0.5, 0.6) is 11.5 Å². The summed E-state index contributed by atoms with van der Waals surface area (Å²) in [7, 11) is 0. The summed E-state index contributed by atoms with van der Waals surface area (Å²) >= 11 is 6.91. The SMILES string of the molecule is CCOc1cc(C=Nn2c(C)nc3ccc(Br)cc3c2=O)cc(Br)c1OCc1cccc(F)c1. The van der Waals surface area contributed by atoms with Crippen LogP contribution in [0, 0.1) is 12.7 Å². The van der Waals surface area contributed by atoms with E-state index in [1.165, 1.54) is 16.8 Å². The summed E-state index contributed by atoms with van der Waals surface area (Å²) in [5.41, 5.74) is 1.73. The van der Waals surface area contributed by atoms with Gasteiger partial charge in [0.1, 0.15) is 18.2 Å². The molecule has 6 nitrogen and oxygen atoms in total. The van der Waals surface area contributed by atoms with Crippen LogP contribution in [-0.2, 0) is 6.61 Å². The van der Waals surface area contributed by atoms with E-state index in [4.69, 9.17) is 9.47 Å². The van der Waals surface area contributed by atoms with Crippen LogP contribution in [0.2, 0.25) is 0 Å². The van der Waals surface area contributed by atoms with Gasteiger partial charge >= 0.3 is 0 Å². The highest BCUT2D eigenvalue weighted by molar-refractivity contribution is 9.10. The third-order valence-electron chi connectivity index (χ3n) is 4.90. The van der Waals surface area contributed by atoms with Gasteiger partial charge in [0, 0.05) is 4.47 Å². The number of hydrogen-bond donors (Lipinski definition) is 0. The number of aromatic nitrogens is 2. The molecule has 4 rings (SSSR count). The smallest absolute Gasteiger partial charge is 0.282 e. The second kappa shape index (κ2) is 10.5. The standard InChI is InChI=1S/C25H20Br2FN3O3/c1-3-33-23-11-17(10-21(27)24(23)34-14-16-5-4-6-19(28)9-16)13-29-31-15(2)30-22-8-7-18(26)12-20(22)25(31)32/h4-13H,3,14H2,1-2H3. The van der Waals surface area contributed by atoms with E-state index in [0.29, 0.717) is 50.4 Å². The van der Waals surface area contributed by atoms with Crippen LogP contribution in [0.3, 0.4) is 0 Å². The lowest BCUT2D eigenvalue weighted by Gasteiger charge is -2.15. The van der Waals surface area contributed by atoms with E-state index >= 15 is 0 Å². The largest absolute Gasteiger partial charge is 0.490 e. The number of nitrogens with zero attached hydrogens (tertiary/aromatic N) is 3. The van der Waals surface area contributed by atoms with Gasteiger partial charge in [0.05, 0.1) is 28.2 Å². The molecule has 0 bridgehead atoms. The Kier molecular flexibility index (Phi) is 7.43. The molecule has 3 aromatic carbocycles. The zero-order valence-corrected chi connectivity index (χ0v) is 21.6. The summed E-state index contributed by atoms with van der Waals surface area (Å²) in [6.07, 6.45) is 1.56. The Morgan fingerprint density at radius 3 is 2.71 bits per heavy atom. The van der Waals surface area contributed by atoms with Crippen molar-refractivity contribution in [2.75, 3.05) is 6.61 Å². The molecule has 174 valence electrons. The van der Waals surface area contributed by atoms with Crippen molar-refractivity contribution in [3.63, 3.8) is 0 Å². The zero-order valence-electron chi connectivity index (χ0n) is 18.4. The van der Waals surface area contributed by atoms with Crippen molar-refractivity contribution in [1.29, 1.82) is 0 Å². The predicted molar refractivity (Wildman–Crippen MR) is 137 cm³/mol. The van der Waals surface area contributed by atoms with E-state index < -0.39 is 0 Å². The molecule has 9 heteroatoms. The van der Waals surface area contributed by atoms with Crippen LogP contribution in [0.1, 0.15) is 23.9 Å². The Bertz CT molecular complexity index is 1450. The maximum absolute atomic E-state index is 13.5. The fourth-order valence-electron chi connectivity index (χ4n) is 3.37. The first-order valence-electron chi connectivity index (χ1n) is 10.4. The lowest BCUT2D eigenvalue weighted by atomic mass is 10.2. The van der Waals surface area contributed by atoms with E-state index in [2.05, 4.69) is 41.9 Å². The van der Waals surface area contributed by atoms with Crippen molar-refractivity contribution in [1.82, 2.24) is 9.66 Å². The van der Waals surface area contributed by atoms with Gasteiger partial charge in [-0.25, -0.2) is 9.37 Å². The number of benzene rings is 3. The minimum absolute atomic E-state index is 0.177. The van der Waals surface area contributed by atoms with Crippen LogP contribution in [0.25, 0.3) is 10.9 Å². The number of ether oxygens (including phenoxy) is 2. The second-order valence-corrected chi connectivity index (χ2v) is 9.13. The molecule has 1 aromatic heterocycles. The number of rotatable bonds is 7. The minimum atomic E-state index is -0.321. The molecule has 4 aromatic rings. The van der Waals surface area contributed by atoms with Gasteiger partial charge in [0.15, 0.2) is 11.5 Å². The minimum Gasteiger partial charge on any atom is -0.490 e. The third-order valence-corrected chi connectivity index (χ3v) is 5.98. The van der Waals surface area contributed by atoms with Gasteiger partial charge in [-0.05, 0) is 83.4 Å². The Balaban J connectivity index is 1.65. The van der Waals surface area contributed by atoms with Crippen molar-refractivity contribution in [3.8, 4) is 11.5 Å². The molecular weight excluding hydrogens is 569 g/mol. The molecule has 0 saturated heterocycles. The van der Waals surface area contributed by atoms with Crippen molar-refractivity contribution in [3.05, 3.63) is 96.7 Å². The molecular formula is C25H20Br2FN3O3. The molecule has 0 amide bonds. The molecule has 0 aliphatic rings. The quantitative estimate of drug-likeness (QED) is 0.240. The molecule has 0 radical (unpaired) electrons. The van der Waals surface area contributed by atoms with Gasteiger partial charge in [-0.1, -0.05) is 28.1 Å². The van der Waals surface area contributed by atoms with Crippen molar-refractivity contribution in [2.24, 2.45) is 5.10 Å². The monoisotopic (exact) mass is 587 g/mol. The van der Waals surface area contributed by atoms with Gasteiger partial charge in [-0.3, -0.25) is 4.79 Å². The zero-order chi connectivity index (χ0) is 24.2. The summed E-state index contributed by atoms with van der Waals surface area (Å²) in [5, 5.41) is 4.84. The summed E-state index contributed by atoms with van der Waals surface area (Å²) in [5.74, 6) is 1.14. The molecule has 0 fully saturated rings. The number of aryl methyl sites for hydroxylation is 1. The summed E-state index contributed by atoms with van der Waals surface area (Å²) in [6, 6.07) is 15.2. The molecule has 34 heavy (non-hydrogen) atoms. The topological polar surface area (TPSA) is 65.7 Å². The number of hydrogen-bond acceptors (Lipinski definition) is 5. The fourth-order valence-corrected chi connectivity index (χ4v) is 4.30. The fraction of sp³-hybridized carbons (Fsp3) is 0.160. The molecule has 0 saturated carbocycles. The van der Waals surface area contributed by atoms with E-state index in [9.17, 15) is 9.18 Å². The predicted octanol–water partition coefficient (Wildman–Crippen LogP) is 6.23. The van der Waals surface area contributed by atoms with Gasteiger partial charge < -0.3 is 9.47 Å². The summed E-state index contributed by atoms with van der Waals surface area (Å²) in [4.78, 5) is 17.4. The van der Waals surface area contributed by atoms with E-state index in [1.807, 2.05) is 13.0 Å². The van der Waals surface area contributed by atoms with Crippen LogP contribution in [0.15, 0.2) is 73.4 Å². The Morgan fingerprint density at radius 1 is 1.12 bits per heavy atom. The highest BCUT2D eigenvalue weighted by Crippen LogP contribution is 2.37. The normalized spacial score (nSPS) is 11.3. The Morgan fingerprint density at radius 2 is 1.94 bits per heavy atom. The summed E-state index contributed by atoms with van der Waals surface area (Å²) in [6.45, 7) is 4.19. The van der Waals surface area contributed by atoms with Gasteiger partial charge in [0.25, 0.3) is 5.56 Å². The van der Waals surface area contributed by atoms with Gasteiger partial charge in [-0.2, -0.15) is 9.78 Å². The van der Waals surface area contributed by atoms with E-state index in [1.54, 1.807) is 49.5 Å². The van der Waals surface area contributed by atoms with Crippen molar-refractivity contribution >= 4 is 49.0 Å². The lowest BCUT2D eigenvalue weighted by molar-refractivity contribution is 0.267. The van der Waals surface area contributed by atoms with Crippen LogP contribution < -0.4 is 15.0 Å². The highest BCUT2D eigenvalue weighted by atomic mass is 79.9. The Hall–Kier alpha value is -3.04. The molecule has 0 spiro atoms. The molecule has 0 aliphatic carbocycles. The van der Waals surface area contributed by atoms with Gasteiger partial charge in [0.2, 0.25) is 0 Å². The average molecular weight is 589 g/mol. The van der Waals surface area contributed by atoms with Crippen LogP contribution >= 0.6 is 31.9 Å².